The summed E-state index contributed by atoms with van der Waals surface area (Å²) in [6.07, 6.45) is -0.0389. The predicted molar refractivity (Wildman–Crippen MR) is 75.7 cm³/mol. The summed E-state index contributed by atoms with van der Waals surface area (Å²) in [5.74, 6) is -0.515. The van der Waals surface area contributed by atoms with Crippen LogP contribution in [0.3, 0.4) is 0 Å². The molecule has 0 unspecified atom stereocenters. The van der Waals surface area contributed by atoms with E-state index in [1.807, 2.05) is 6.92 Å². The first kappa shape index (κ1) is 15.7. The van der Waals surface area contributed by atoms with Gasteiger partial charge in [0.2, 0.25) is 0 Å². The van der Waals surface area contributed by atoms with Crippen molar-refractivity contribution < 1.29 is 19.4 Å². The molecule has 1 N–H and O–H groups in total. The Balaban J connectivity index is 2.90. The average Bonchev–Trinajstić information content (AvgIpc) is 2.31. The van der Waals surface area contributed by atoms with Crippen molar-refractivity contribution in [3.63, 3.8) is 0 Å². The quantitative estimate of drug-likeness (QED) is 0.811. The molecule has 19 heavy (non-hydrogen) atoms. The smallest absolute Gasteiger partial charge is 0.309 e. The van der Waals surface area contributed by atoms with Crippen LogP contribution in [0, 0.1) is 5.41 Å². The molecule has 0 amide bonds. The van der Waals surface area contributed by atoms with E-state index in [9.17, 15) is 9.59 Å². The number of carboxylic acid groups (broad SMARTS) is 1. The molecule has 0 saturated carbocycles. The number of hydrogen-bond donors (Lipinski definition) is 1. The summed E-state index contributed by atoms with van der Waals surface area (Å²) in [6, 6.07) is 5.01. The van der Waals surface area contributed by atoms with E-state index in [-0.39, 0.29) is 12.2 Å². The van der Waals surface area contributed by atoms with E-state index in [1.165, 1.54) is 13.8 Å². The number of carbonyl (C=O) groups excluding carboxylic acids is 1. The van der Waals surface area contributed by atoms with Gasteiger partial charge in [0.15, 0.2) is 5.78 Å². The summed E-state index contributed by atoms with van der Waals surface area (Å²) in [7, 11) is 0. The van der Waals surface area contributed by atoms with Crippen molar-refractivity contribution in [2.45, 2.75) is 27.2 Å². The van der Waals surface area contributed by atoms with Gasteiger partial charge in [0, 0.05) is 12.0 Å². The molecule has 0 atom stereocenters. The van der Waals surface area contributed by atoms with Gasteiger partial charge < -0.3 is 9.84 Å². The lowest BCUT2D eigenvalue weighted by Gasteiger charge is -2.18. The van der Waals surface area contributed by atoms with E-state index in [1.54, 1.807) is 18.2 Å². The molecule has 104 valence electrons. The van der Waals surface area contributed by atoms with Gasteiger partial charge in [-0.05, 0) is 54.9 Å². The van der Waals surface area contributed by atoms with Crippen molar-refractivity contribution in [1.82, 2.24) is 0 Å². The van der Waals surface area contributed by atoms with Crippen LogP contribution in [0.15, 0.2) is 22.7 Å². The van der Waals surface area contributed by atoms with E-state index in [0.29, 0.717) is 22.4 Å². The molecule has 1 aromatic rings. The van der Waals surface area contributed by atoms with Crippen LogP contribution in [0.2, 0.25) is 0 Å². The molecule has 4 nitrogen and oxygen atoms in total. The van der Waals surface area contributed by atoms with Gasteiger partial charge >= 0.3 is 5.97 Å². The SMILES string of the molecule is CCOc1ccc(C(=O)CC(C)(C)C(=O)O)cc1Br. The van der Waals surface area contributed by atoms with Gasteiger partial charge in [-0.25, -0.2) is 0 Å². The van der Waals surface area contributed by atoms with E-state index >= 15 is 0 Å². The molecule has 1 aromatic carbocycles. The summed E-state index contributed by atoms with van der Waals surface area (Å²) in [6.45, 7) is 5.49. The van der Waals surface area contributed by atoms with Crippen molar-refractivity contribution in [1.29, 1.82) is 0 Å². The first-order valence-electron chi connectivity index (χ1n) is 5.97. The Hall–Kier alpha value is -1.36. The van der Waals surface area contributed by atoms with E-state index < -0.39 is 11.4 Å². The molecule has 0 radical (unpaired) electrons. The third kappa shape index (κ3) is 4.06. The van der Waals surface area contributed by atoms with Gasteiger partial charge in [0.25, 0.3) is 0 Å². The lowest BCUT2D eigenvalue weighted by Crippen LogP contribution is -2.26. The highest BCUT2D eigenvalue weighted by Crippen LogP contribution is 2.28. The molecule has 0 spiro atoms. The lowest BCUT2D eigenvalue weighted by atomic mass is 9.86. The highest BCUT2D eigenvalue weighted by Gasteiger charge is 2.30. The second-order valence-corrected chi connectivity index (χ2v) is 5.72. The summed E-state index contributed by atoms with van der Waals surface area (Å²) < 4.78 is 6.05. The minimum atomic E-state index is -1.07. The largest absolute Gasteiger partial charge is 0.493 e. The first-order chi connectivity index (χ1) is 8.77. The van der Waals surface area contributed by atoms with Gasteiger partial charge in [-0.2, -0.15) is 0 Å². The van der Waals surface area contributed by atoms with Crippen molar-refractivity contribution in [2.75, 3.05) is 6.61 Å². The fourth-order valence-corrected chi connectivity index (χ4v) is 2.02. The summed E-state index contributed by atoms with van der Waals surface area (Å²) in [5, 5.41) is 9.02. The highest BCUT2D eigenvalue weighted by atomic mass is 79.9. The minimum absolute atomic E-state index is 0.0389. The average molecular weight is 329 g/mol. The van der Waals surface area contributed by atoms with Crippen LogP contribution in [0.4, 0.5) is 0 Å². The van der Waals surface area contributed by atoms with E-state index in [4.69, 9.17) is 9.84 Å². The molecule has 5 heteroatoms. The van der Waals surface area contributed by atoms with Crippen LogP contribution in [-0.4, -0.2) is 23.5 Å². The van der Waals surface area contributed by atoms with Crippen molar-refractivity contribution in [3.05, 3.63) is 28.2 Å². The maximum atomic E-state index is 12.1. The Morgan fingerprint density at radius 3 is 2.47 bits per heavy atom. The zero-order chi connectivity index (χ0) is 14.6. The maximum Gasteiger partial charge on any atom is 0.309 e. The number of aliphatic carboxylic acids is 1. The molecular weight excluding hydrogens is 312 g/mol. The second-order valence-electron chi connectivity index (χ2n) is 4.87. The molecule has 1 rings (SSSR count). The highest BCUT2D eigenvalue weighted by molar-refractivity contribution is 9.10. The van der Waals surface area contributed by atoms with Crippen LogP contribution >= 0.6 is 15.9 Å². The third-order valence-electron chi connectivity index (χ3n) is 2.74. The van der Waals surface area contributed by atoms with Gasteiger partial charge in [0.1, 0.15) is 5.75 Å². The van der Waals surface area contributed by atoms with Gasteiger partial charge in [-0.15, -0.1) is 0 Å². The summed E-state index contributed by atoms with van der Waals surface area (Å²) in [4.78, 5) is 23.1. The number of carbonyl (C=O) groups is 2. The first-order valence-corrected chi connectivity index (χ1v) is 6.76. The molecule has 0 bridgehead atoms. The van der Waals surface area contributed by atoms with Crippen molar-refractivity contribution in [3.8, 4) is 5.75 Å². The van der Waals surface area contributed by atoms with Crippen LogP contribution in [-0.2, 0) is 4.79 Å². The summed E-state index contributed by atoms with van der Waals surface area (Å²) >= 11 is 3.33. The van der Waals surface area contributed by atoms with Crippen LogP contribution in [0.1, 0.15) is 37.6 Å². The number of benzene rings is 1. The zero-order valence-electron chi connectivity index (χ0n) is 11.2. The van der Waals surface area contributed by atoms with E-state index in [2.05, 4.69) is 15.9 Å². The number of ketones is 1. The lowest BCUT2D eigenvalue weighted by molar-refractivity contribution is -0.146. The molecule has 0 heterocycles. The molecule has 0 saturated heterocycles. The molecule has 0 fully saturated rings. The van der Waals surface area contributed by atoms with Crippen LogP contribution < -0.4 is 4.74 Å². The minimum Gasteiger partial charge on any atom is -0.493 e. The Kier molecular flexibility index (Phi) is 5.11. The fraction of sp³-hybridized carbons (Fsp3) is 0.429. The monoisotopic (exact) mass is 328 g/mol. The Morgan fingerprint density at radius 1 is 1.37 bits per heavy atom. The zero-order valence-corrected chi connectivity index (χ0v) is 12.8. The van der Waals surface area contributed by atoms with E-state index in [0.717, 1.165) is 0 Å². The van der Waals surface area contributed by atoms with Crippen molar-refractivity contribution >= 4 is 27.7 Å². The van der Waals surface area contributed by atoms with Crippen molar-refractivity contribution in [2.24, 2.45) is 5.41 Å². The Bertz CT molecular complexity index is 494. The number of carboxylic acids is 1. The summed E-state index contributed by atoms with van der Waals surface area (Å²) in [5.41, 5.74) is -0.591. The Morgan fingerprint density at radius 2 is 2.00 bits per heavy atom. The number of ether oxygens (including phenoxy) is 1. The molecule has 0 aliphatic heterocycles. The maximum absolute atomic E-state index is 12.1. The number of halogens is 1. The predicted octanol–water partition coefficient (Wildman–Crippen LogP) is 3.53. The number of hydrogen-bond acceptors (Lipinski definition) is 3. The molecular formula is C14H17BrO4. The van der Waals surface area contributed by atoms with Crippen LogP contribution in [0.5, 0.6) is 5.75 Å². The van der Waals surface area contributed by atoms with Crippen LogP contribution in [0.25, 0.3) is 0 Å². The fourth-order valence-electron chi connectivity index (χ4n) is 1.53. The molecule has 0 aliphatic rings. The normalized spacial score (nSPS) is 11.2. The standard InChI is InChI=1S/C14H17BrO4/c1-4-19-12-6-5-9(7-10(12)15)11(16)8-14(2,3)13(17)18/h5-7H,4,8H2,1-3H3,(H,17,18). The second kappa shape index (κ2) is 6.19. The van der Waals surface area contributed by atoms with Gasteiger partial charge in [0.05, 0.1) is 16.5 Å². The topological polar surface area (TPSA) is 63.6 Å². The number of rotatable bonds is 6. The third-order valence-corrected chi connectivity index (χ3v) is 3.35. The van der Waals surface area contributed by atoms with Gasteiger partial charge in [-0.1, -0.05) is 0 Å². The number of Topliss-reactive ketones (excluding diaryl/α,β-unsaturated/α-hetero) is 1. The molecule has 0 aromatic heterocycles. The van der Waals surface area contributed by atoms with Gasteiger partial charge in [-0.3, -0.25) is 9.59 Å². The Labute approximate surface area is 120 Å². The molecule has 0 aliphatic carbocycles.